The van der Waals surface area contributed by atoms with Gasteiger partial charge in [-0.3, -0.25) is 4.40 Å². The van der Waals surface area contributed by atoms with Crippen LogP contribution in [0.15, 0.2) is 55.0 Å². The van der Waals surface area contributed by atoms with E-state index in [1.807, 2.05) is 35.0 Å². The number of carbonyl (C=O) groups is 1. The maximum Gasteiger partial charge on any atom is 0.405 e. The minimum Gasteiger partial charge on any atom is -0.388 e. The van der Waals surface area contributed by atoms with Crippen molar-refractivity contribution in [2.24, 2.45) is 0 Å². The number of fused-ring (bicyclic) bond motifs is 1. The van der Waals surface area contributed by atoms with Crippen molar-refractivity contribution in [1.82, 2.24) is 25.3 Å². The normalized spacial score (nSPS) is 15.1. The summed E-state index contributed by atoms with van der Waals surface area (Å²) < 4.78 is 38.8. The molecule has 3 heterocycles. The number of benzene rings is 1. The van der Waals surface area contributed by atoms with Crippen LogP contribution in [-0.2, 0) is 0 Å². The van der Waals surface area contributed by atoms with Crippen LogP contribution in [0.2, 0.25) is 0 Å². The van der Waals surface area contributed by atoms with Gasteiger partial charge in [0.1, 0.15) is 12.2 Å². The number of halogens is 3. The van der Waals surface area contributed by atoms with Crippen molar-refractivity contribution in [2.75, 3.05) is 25.0 Å². The summed E-state index contributed by atoms with van der Waals surface area (Å²) >= 11 is 0. The number of anilines is 1. The van der Waals surface area contributed by atoms with Gasteiger partial charge in [-0.25, -0.2) is 9.78 Å². The molecule has 0 spiro atoms. The Morgan fingerprint density at radius 2 is 2.03 bits per heavy atom. The van der Waals surface area contributed by atoms with Gasteiger partial charge >= 0.3 is 12.2 Å². The predicted molar refractivity (Wildman–Crippen MR) is 129 cm³/mol. The maximum atomic E-state index is 12.3. The Kier molecular flexibility index (Phi) is 7.35. The summed E-state index contributed by atoms with van der Waals surface area (Å²) in [6.45, 7) is 0.542. The lowest BCUT2D eigenvalue weighted by Gasteiger charge is -2.23. The van der Waals surface area contributed by atoms with Crippen LogP contribution >= 0.6 is 0 Å². The molecule has 1 saturated heterocycles. The molecule has 0 bridgehead atoms. The van der Waals surface area contributed by atoms with E-state index in [1.54, 1.807) is 29.7 Å². The zero-order valence-electron chi connectivity index (χ0n) is 18.8. The highest BCUT2D eigenvalue weighted by Gasteiger charge is 2.27. The first kappa shape index (κ1) is 24.3. The minimum atomic E-state index is -4.48. The molecule has 3 aromatic rings. The first-order chi connectivity index (χ1) is 16.8. The average molecular weight is 486 g/mol. The molecule has 35 heavy (non-hydrogen) atoms. The molecule has 1 fully saturated rings. The highest BCUT2D eigenvalue weighted by Crippen LogP contribution is 2.25. The van der Waals surface area contributed by atoms with E-state index in [2.05, 4.69) is 20.9 Å². The second-order valence-corrected chi connectivity index (χ2v) is 8.23. The van der Waals surface area contributed by atoms with Gasteiger partial charge in [0.15, 0.2) is 0 Å². The number of pyridine rings is 1. The van der Waals surface area contributed by atoms with Gasteiger partial charge in [0.2, 0.25) is 0 Å². The number of hydrogen-bond acceptors (Lipinski definition) is 5. The Hall–Kier alpha value is -3.86. The molecular formula is C24H26F3N7O. The van der Waals surface area contributed by atoms with Gasteiger partial charge in [-0.15, -0.1) is 0 Å². The molecule has 1 aliphatic heterocycles. The zero-order valence-corrected chi connectivity index (χ0v) is 18.8. The van der Waals surface area contributed by atoms with E-state index in [0.29, 0.717) is 17.4 Å². The van der Waals surface area contributed by atoms with Crippen LogP contribution in [-0.4, -0.2) is 53.5 Å². The highest BCUT2D eigenvalue weighted by molar-refractivity contribution is 6.08. The number of carbonyl (C=O) groups excluding carboxylic acids is 1. The molecule has 8 nitrogen and oxygen atoms in total. The molecule has 0 saturated carbocycles. The number of alkyl halides is 3. The lowest BCUT2D eigenvalue weighted by Crippen LogP contribution is -2.37. The number of hydrogen-bond donors (Lipinski definition) is 5. The number of nitrogens with zero attached hydrogens (tertiary/aromatic N) is 2. The van der Waals surface area contributed by atoms with E-state index in [1.165, 1.54) is 6.21 Å². The molecule has 0 radical (unpaired) electrons. The highest BCUT2D eigenvalue weighted by atomic mass is 19.4. The van der Waals surface area contributed by atoms with Crippen LogP contribution in [0, 0.1) is 5.41 Å². The molecular weight excluding hydrogens is 459 g/mol. The summed E-state index contributed by atoms with van der Waals surface area (Å²) in [6.07, 6.45) is 4.30. The molecule has 4 rings (SSSR count). The largest absolute Gasteiger partial charge is 0.405 e. The van der Waals surface area contributed by atoms with Crippen LogP contribution in [0.25, 0.3) is 22.5 Å². The molecule has 1 aromatic carbocycles. The van der Waals surface area contributed by atoms with Crippen LogP contribution in [0.1, 0.15) is 18.4 Å². The fraction of sp³-hybridized carbons (Fsp3) is 0.292. The topological polar surface area (TPSA) is 106 Å². The van der Waals surface area contributed by atoms with Crippen LogP contribution in [0.5, 0.6) is 0 Å². The van der Waals surface area contributed by atoms with E-state index < -0.39 is 18.8 Å². The number of rotatable bonds is 7. The SMILES string of the molecule is N=C/C(=C\NC1CCNCC1)c1ccn2c(-c3cccc(NC(=O)NCC(F)(F)F)c3)cnc2c1. The third-order valence-corrected chi connectivity index (χ3v) is 5.68. The number of allylic oxidation sites excluding steroid dienone is 1. The molecule has 1 aliphatic rings. The summed E-state index contributed by atoms with van der Waals surface area (Å²) in [5, 5.41) is 18.8. The van der Waals surface area contributed by atoms with Crippen molar-refractivity contribution in [3.8, 4) is 11.3 Å². The standard InChI is InChI=1S/C24H26F3N7O/c25-24(26,27)15-32-23(35)33-20-3-1-2-17(10-20)21-14-31-22-11-16(6-9-34(21)22)18(12-28)13-30-19-4-7-29-8-5-19/h1-3,6,9-14,19,28-30H,4-5,7-8,15H2,(H2,32,33,35)/b18-13+,28-12?. The summed E-state index contributed by atoms with van der Waals surface area (Å²) in [4.78, 5) is 16.3. The van der Waals surface area contributed by atoms with Gasteiger partial charge in [0.05, 0.1) is 11.9 Å². The summed E-state index contributed by atoms with van der Waals surface area (Å²) in [5.41, 5.74) is 4.10. The molecule has 2 aromatic heterocycles. The maximum absolute atomic E-state index is 12.3. The number of amides is 2. The lowest BCUT2D eigenvalue weighted by atomic mass is 10.1. The van der Waals surface area contributed by atoms with Crippen molar-refractivity contribution in [3.05, 3.63) is 60.6 Å². The number of piperidine rings is 1. The zero-order chi connectivity index (χ0) is 24.8. The molecule has 0 atom stereocenters. The van der Waals surface area contributed by atoms with Crippen molar-refractivity contribution >= 4 is 29.2 Å². The molecule has 0 unspecified atom stereocenters. The molecule has 11 heteroatoms. The Morgan fingerprint density at radius 3 is 2.77 bits per heavy atom. The smallest absolute Gasteiger partial charge is 0.388 e. The van der Waals surface area contributed by atoms with Crippen LogP contribution in [0.3, 0.4) is 0 Å². The Labute approximate surface area is 200 Å². The van der Waals surface area contributed by atoms with Crippen molar-refractivity contribution < 1.29 is 18.0 Å². The van der Waals surface area contributed by atoms with Gasteiger partial charge in [-0.05, 0) is 55.8 Å². The number of nitrogens with one attached hydrogen (secondary N) is 5. The predicted octanol–water partition coefficient (Wildman–Crippen LogP) is 4.02. The molecule has 2 amide bonds. The first-order valence-corrected chi connectivity index (χ1v) is 11.2. The fourth-order valence-electron chi connectivity index (χ4n) is 3.89. The second-order valence-electron chi connectivity index (χ2n) is 8.23. The first-order valence-electron chi connectivity index (χ1n) is 11.2. The Morgan fingerprint density at radius 1 is 1.23 bits per heavy atom. The molecule has 0 aliphatic carbocycles. The monoisotopic (exact) mass is 485 g/mol. The Bertz CT molecular complexity index is 1230. The average Bonchev–Trinajstić information content (AvgIpc) is 3.27. The lowest BCUT2D eigenvalue weighted by molar-refractivity contribution is -0.122. The number of imidazole rings is 1. The minimum absolute atomic E-state index is 0.353. The van der Waals surface area contributed by atoms with Crippen LogP contribution < -0.4 is 21.3 Å². The fourth-order valence-corrected chi connectivity index (χ4v) is 3.89. The molecule has 5 N–H and O–H groups in total. The van der Waals surface area contributed by atoms with Crippen molar-refractivity contribution in [2.45, 2.75) is 25.1 Å². The van der Waals surface area contributed by atoms with Gasteiger partial charge in [0.25, 0.3) is 0 Å². The van der Waals surface area contributed by atoms with Gasteiger partial charge in [-0.1, -0.05) is 12.1 Å². The van der Waals surface area contributed by atoms with E-state index in [9.17, 15) is 18.0 Å². The summed E-state index contributed by atoms with van der Waals surface area (Å²) in [5.74, 6) is 0. The number of urea groups is 1. The molecule has 184 valence electrons. The summed E-state index contributed by atoms with van der Waals surface area (Å²) in [7, 11) is 0. The van der Waals surface area contributed by atoms with E-state index in [4.69, 9.17) is 5.41 Å². The van der Waals surface area contributed by atoms with Gasteiger partial charge in [-0.2, -0.15) is 13.2 Å². The van der Waals surface area contributed by atoms with Crippen LogP contribution in [0.4, 0.5) is 23.7 Å². The third-order valence-electron chi connectivity index (χ3n) is 5.68. The van der Waals surface area contributed by atoms with Gasteiger partial charge < -0.3 is 26.7 Å². The van der Waals surface area contributed by atoms with E-state index >= 15 is 0 Å². The quantitative estimate of drug-likeness (QED) is 0.326. The van der Waals surface area contributed by atoms with E-state index in [-0.39, 0.29) is 0 Å². The third kappa shape index (κ3) is 6.38. The second kappa shape index (κ2) is 10.6. The number of aromatic nitrogens is 2. The summed E-state index contributed by atoms with van der Waals surface area (Å²) in [6, 6.07) is 10.00. The van der Waals surface area contributed by atoms with Crippen molar-refractivity contribution in [1.29, 1.82) is 5.41 Å². The van der Waals surface area contributed by atoms with E-state index in [0.717, 1.165) is 48.3 Å². The Balaban J connectivity index is 1.50. The van der Waals surface area contributed by atoms with Gasteiger partial charge in [0, 0.05) is 41.5 Å². The van der Waals surface area contributed by atoms with Crippen molar-refractivity contribution in [3.63, 3.8) is 0 Å².